The van der Waals surface area contributed by atoms with Gasteiger partial charge >= 0.3 is 0 Å². The number of nitrogens with zero attached hydrogens (tertiary/aromatic N) is 2. The second-order valence-electron chi connectivity index (χ2n) is 8.34. The van der Waals surface area contributed by atoms with E-state index in [2.05, 4.69) is 10.4 Å². The summed E-state index contributed by atoms with van der Waals surface area (Å²) in [5.74, 6) is 0.298. The Bertz CT molecular complexity index is 1400. The van der Waals surface area contributed by atoms with Gasteiger partial charge in [0.05, 0.1) is 18.5 Å². The normalized spacial score (nSPS) is 14.9. The van der Waals surface area contributed by atoms with E-state index in [4.69, 9.17) is 9.47 Å². The Morgan fingerprint density at radius 1 is 1.06 bits per heavy atom. The monoisotopic (exact) mass is 475 g/mol. The maximum absolute atomic E-state index is 13.7. The number of hydrogen-bond donors (Lipinski definition) is 1. The van der Waals surface area contributed by atoms with Gasteiger partial charge in [0.25, 0.3) is 0 Å². The molecule has 3 aromatic carbocycles. The van der Waals surface area contributed by atoms with Gasteiger partial charge in [0.2, 0.25) is 5.91 Å². The Hall–Kier alpha value is -4.20. The van der Waals surface area contributed by atoms with Crippen LogP contribution in [-0.4, -0.2) is 22.8 Å². The molecule has 0 radical (unpaired) electrons. The summed E-state index contributed by atoms with van der Waals surface area (Å²) < 4.78 is 40.5. The van der Waals surface area contributed by atoms with Crippen molar-refractivity contribution in [3.05, 3.63) is 101 Å². The van der Waals surface area contributed by atoms with Gasteiger partial charge in [-0.05, 0) is 55.0 Å². The van der Waals surface area contributed by atoms with Gasteiger partial charge in [-0.25, -0.2) is 13.5 Å². The van der Waals surface area contributed by atoms with Crippen molar-refractivity contribution >= 4 is 11.7 Å². The summed E-state index contributed by atoms with van der Waals surface area (Å²) in [6.07, 6.45) is 0.187. The number of carbonyl (C=O) groups excluding carboxylic acids is 1. The van der Waals surface area contributed by atoms with Crippen molar-refractivity contribution in [3.63, 3.8) is 0 Å². The van der Waals surface area contributed by atoms with E-state index < -0.39 is 0 Å². The molecule has 2 heterocycles. The van der Waals surface area contributed by atoms with Gasteiger partial charge < -0.3 is 14.8 Å². The van der Waals surface area contributed by atoms with Crippen LogP contribution < -0.4 is 14.8 Å². The Labute approximate surface area is 201 Å². The van der Waals surface area contributed by atoms with E-state index in [1.54, 1.807) is 42.1 Å². The van der Waals surface area contributed by atoms with E-state index in [0.29, 0.717) is 28.6 Å². The number of fused-ring (bicyclic) bond motifs is 1. The van der Waals surface area contributed by atoms with Crippen LogP contribution in [0.3, 0.4) is 0 Å². The summed E-state index contributed by atoms with van der Waals surface area (Å²) in [4.78, 5) is 12.8. The summed E-state index contributed by atoms with van der Waals surface area (Å²) in [6.45, 7) is 2.00. The van der Waals surface area contributed by atoms with Gasteiger partial charge in [-0.3, -0.25) is 4.79 Å². The minimum absolute atomic E-state index is 0.130. The van der Waals surface area contributed by atoms with Crippen LogP contribution in [0.4, 0.5) is 14.6 Å². The zero-order valence-electron chi connectivity index (χ0n) is 19.2. The first-order chi connectivity index (χ1) is 16.9. The number of benzene rings is 3. The number of aryl methyl sites for hydroxylation is 1. The molecule has 1 aromatic heterocycles. The SMILES string of the molecule is COc1cccc(C2CC(=O)Nc3c2c(C)nn3-c2ccc(F)cc2)c1OCc1cccc(F)c1. The zero-order valence-corrected chi connectivity index (χ0v) is 19.2. The molecule has 4 aromatic rings. The minimum atomic E-state index is -0.357. The lowest BCUT2D eigenvalue weighted by Gasteiger charge is -2.26. The van der Waals surface area contributed by atoms with Gasteiger partial charge in [0.15, 0.2) is 11.5 Å². The first-order valence-electron chi connectivity index (χ1n) is 11.1. The number of para-hydroxylation sites is 1. The molecule has 1 aliphatic rings. The van der Waals surface area contributed by atoms with E-state index in [-0.39, 0.29) is 36.5 Å². The number of anilines is 1. The van der Waals surface area contributed by atoms with Crippen molar-refractivity contribution in [2.45, 2.75) is 25.9 Å². The first kappa shape index (κ1) is 22.6. The standard InChI is InChI=1S/C27H23F2N3O3/c1-16-25-22(14-24(33)30-27(25)32(31-16)20-11-9-18(28)10-12-20)21-7-4-8-23(34-2)26(21)35-15-17-5-3-6-19(29)13-17/h3-13,22H,14-15H2,1-2H3,(H,30,33). The van der Waals surface area contributed by atoms with Crippen molar-refractivity contribution in [1.29, 1.82) is 0 Å². The molecule has 1 N–H and O–H groups in total. The Morgan fingerprint density at radius 2 is 1.83 bits per heavy atom. The molecular formula is C27H23F2N3O3. The number of hydrogen-bond acceptors (Lipinski definition) is 4. The van der Waals surface area contributed by atoms with E-state index in [1.165, 1.54) is 24.3 Å². The second kappa shape index (κ2) is 9.21. The van der Waals surface area contributed by atoms with Crippen molar-refractivity contribution in [2.75, 3.05) is 12.4 Å². The molecule has 6 nitrogen and oxygen atoms in total. The predicted molar refractivity (Wildman–Crippen MR) is 127 cm³/mol. The first-order valence-corrected chi connectivity index (χ1v) is 11.1. The van der Waals surface area contributed by atoms with Gasteiger partial charge in [-0.15, -0.1) is 0 Å². The van der Waals surface area contributed by atoms with E-state index in [0.717, 1.165) is 16.8 Å². The fourth-order valence-corrected chi connectivity index (χ4v) is 4.49. The van der Waals surface area contributed by atoms with Gasteiger partial charge in [-0.2, -0.15) is 5.10 Å². The fraction of sp³-hybridized carbons (Fsp3) is 0.185. The maximum atomic E-state index is 13.7. The Morgan fingerprint density at radius 3 is 2.57 bits per heavy atom. The van der Waals surface area contributed by atoms with Gasteiger partial charge in [0, 0.05) is 23.5 Å². The number of amides is 1. The number of carbonyl (C=O) groups is 1. The number of methoxy groups -OCH3 is 1. The van der Waals surface area contributed by atoms with Crippen molar-refractivity contribution in [2.24, 2.45) is 0 Å². The molecule has 8 heteroatoms. The van der Waals surface area contributed by atoms with Crippen LogP contribution in [0.5, 0.6) is 11.5 Å². The third-order valence-electron chi connectivity index (χ3n) is 6.05. The molecule has 1 aliphatic heterocycles. The molecule has 0 bridgehead atoms. The number of aromatic nitrogens is 2. The number of ether oxygens (including phenoxy) is 2. The molecule has 1 amide bonds. The molecule has 35 heavy (non-hydrogen) atoms. The van der Waals surface area contributed by atoms with E-state index in [1.807, 2.05) is 19.1 Å². The quantitative estimate of drug-likeness (QED) is 0.399. The van der Waals surface area contributed by atoms with Crippen LogP contribution in [-0.2, 0) is 11.4 Å². The predicted octanol–water partition coefficient (Wildman–Crippen LogP) is 5.52. The number of rotatable bonds is 6. The van der Waals surface area contributed by atoms with E-state index >= 15 is 0 Å². The molecular weight excluding hydrogens is 452 g/mol. The molecule has 0 aliphatic carbocycles. The molecule has 0 saturated heterocycles. The Balaban J connectivity index is 1.58. The summed E-state index contributed by atoms with van der Waals surface area (Å²) in [6, 6.07) is 17.6. The van der Waals surface area contributed by atoms with Crippen LogP contribution >= 0.6 is 0 Å². The second-order valence-corrected chi connectivity index (χ2v) is 8.34. The molecule has 5 rings (SSSR count). The van der Waals surface area contributed by atoms with Crippen LogP contribution in [0.15, 0.2) is 66.7 Å². The summed E-state index contributed by atoms with van der Waals surface area (Å²) in [5, 5.41) is 7.57. The molecule has 1 atom stereocenters. The third-order valence-corrected chi connectivity index (χ3v) is 6.05. The van der Waals surface area contributed by atoms with Crippen LogP contribution in [0, 0.1) is 18.6 Å². The van der Waals surface area contributed by atoms with Crippen molar-refractivity contribution in [3.8, 4) is 17.2 Å². The molecule has 0 saturated carbocycles. The highest BCUT2D eigenvalue weighted by Gasteiger charge is 2.35. The molecule has 178 valence electrons. The van der Waals surface area contributed by atoms with Gasteiger partial charge in [0.1, 0.15) is 24.1 Å². The molecule has 0 fully saturated rings. The lowest BCUT2D eigenvalue weighted by Crippen LogP contribution is -2.25. The van der Waals surface area contributed by atoms with Crippen LogP contribution in [0.1, 0.15) is 34.7 Å². The van der Waals surface area contributed by atoms with Crippen LogP contribution in [0.25, 0.3) is 5.69 Å². The summed E-state index contributed by atoms with van der Waals surface area (Å²) in [5.41, 5.74) is 3.64. The third kappa shape index (κ3) is 4.35. The Kier molecular flexibility index (Phi) is 5.94. The smallest absolute Gasteiger partial charge is 0.226 e. The fourth-order valence-electron chi connectivity index (χ4n) is 4.49. The molecule has 0 spiro atoms. The van der Waals surface area contributed by atoms with Crippen LogP contribution in [0.2, 0.25) is 0 Å². The van der Waals surface area contributed by atoms with Crippen molar-refractivity contribution in [1.82, 2.24) is 9.78 Å². The van der Waals surface area contributed by atoms with Gasteiger partial charge in [-0.1, -0.05) is 24.3 Å². The largest absolute Gasteiger partial charge is 0.493 e. The summed E-state index contributed by atoms with van der Waals surface area (Å²) in [7, 11) is 1.55. The highest BCUT2D eigenvalue weighted by Crippen LogP contribution is 2.46. The average molecular weight is 475 g/mol. The lowest BCUT2D eigenvalue weighted by molar-refractivity contribution is -0.116. The highest BCUT2D eigenvalue weighted by atomic mass is 19.1. The highest BCUT2D eigenvalue weighted by molar-refractivity contribution is 5.95. The topological polar surface area (TPSA) is 65.4 Å². The van der Waals surface area contributed by atoms with E-state index in [9.17, 15) is 13.6 Å². The minimum Gasteiger partial charge on any atom is -0.493 e. The molecule has 1 unspecified atom stereocenters. The number of nitrogens with one attached hydrogen (secondary N) is 1. The zero-order chi connectivity index (χ0) is 24.5. The maximum Gasteiger partial charge on any atom is 0.226 e. The number of halogens is 2. The summed E-state index contributed by atoms with van der Waals surface area (Å²) >= 11 is 0. The lowest BCUT2D eigenvalue weighted by atomic mass is 9.85. The average Bonchev–Trinajstić information content (AvgIpc) is 3.18. The van der Waals surface area contributed by atoms with Crippen molar-refractivity contribution < 1.29 is 23.0 Å².